The number of para-hydroxylation sites is 1. The normalized spacial score (nSPS) is 17.7. The zero-order valence-corrected chi connectivity index (χ0v) is 29.5. The van der Waals surface area contributed by atoms with Gasteiger partial charge < -0.3 is 15.5 Å². The molecule has 0 aliphatic carbocycles. The highest BCUT2D eigenvalue weighted by Crippen LogP contribution is 2.43. The van der Waals surface area contributed by atoms with Crippen LogP contribution >= 0.6 is 0 Å². The molecule has 49 heavy (non-hydrogen) atoms. The molecule has 3 heterocycles. The molecule has 0 unspecified atom stereocenters. The van der Waals surface area contributed by atoms with Crippen LogP contribution in [0.3, 0.4) is 0 Å². The van der Waals surface area contributed by atoms with Gasteiger partial charge in [0.15, 0.2) is 0 Å². The van der Waals surface area contributed by atoms with Gasteiger partial charge in [-0.05, 0) is 93.1 Å². The molecule has 2 aliphatic heterocycles. The first-order valence-corrected chi connectivity index (χ1v) is 18.0. The summed E-state index contributed by atoms with van der Waals surface area (Å²) in [5, 5.41) is 5.17. The van der Waals surface area contributed by atoms with Crippen LogP contribution in [0.1, 0.15) is 78.2 Å². The maximum Gasteiger partial charge on any atom is 0.253 e. The molecule has 0 fully saturated rings. The average Bonchev–Trinajstić information content (AvgIpc) is 3.46. The van der Waals surface area contributed by atoms with Crippen molar-refractivity contribution in [1.29, 1.82) is 0 Å². The number of rotatable bonds is 9. The zero-order chi connectivity index (χ0) is 35.1. The molecule has 0 saturated carbocycles. The molecule has 6 rings (SSSR count). The van der Waals surface area contributed by atoms with E-state index < -0.39 is 33.2 Å². The van der Waals surface area contributed by atoms with Crippen molar-refractivity contribution in [3.05, 3.63) is 112 Å². The molecular formula is C37H43FN6O4S. The van der Waals surface area contributed by atoms with Crippen LogP contribution in [0.15, 0.2) is 78.0 Å². The van der Waals surface area contributed by atoms with Crippen molar-refractivity contribution in [3.8, 4) is 5.75 Å². The Morgan fingerprint density at radius 1 is 1.10 bits per heavy atom. The number of sulfonamides is 1. The first-order valence-electron chi connectivity index (χ1n) is 16.5. The van der Waals surface area contributed by atoms with Crippen LogP contribution in [0.2, 0.25) is 0 Å². The van der Waals surface area contributed by atoms with Crippen LogP contribution in [-0.2, 0) is 16.6 Å². The van der Waals surface area contributed by atoms with E-state index in [0.29, 0.717) is 12.2 Å². The van der Waals surface area contributed by atoms with Crippen LogP contribution in [0, 0.1) is 19.7 Å². The van der Waals surface area contributed by atoms with Gasteiger partial charge in [-0.3, -0.25) is 14.8 Å². The highest BCUT2D eigenvalue weighted by molar-refractivity contribution is 7.89. The molecule has 2 atom stereocenters. The van der Waals surface area contributed by atoms with Gasteiger partial charge in [0.25, 0.3) is 5.91 Å². The Kier molecular flexibility index (Phi) is 9.40. The number of fused-ring (bicyclic) bond motifs is 2. The summed E-state index contributed by atoms with van der Waals surface area (Å²) >= 11 is 0. The zero-order valence-electron chi connectivity index (χ0n) is 28.7. The van der Waals surface area contributed by atoms with Gasteiger partial charge in [-0.1, -0.05) is 43.3 Å². The summed E-state index contributed by atoms with van der Waals surface area (Å²) in [5.41, 5.74) is 12.3. The van der Waals surface area contributed by atoms with Gasteiger partial charge in [-0.2, -0.15) is 4.31 Å². The number of hydrogen-bond donors (Lipinski definition) is 3. The summed E-state index contributed by atoms with van der Waals surface area (Å²) in [6, 6.07) is 18.2. The number of aryl methyl sites for hydroxylation is 1. The van der Waals surface area contributed by atoms with Crippen molar-refractivity contribution in [3.63, 3.8) is 0 Å². The lowest BCUT2D eigenvalue weighted by Crippen LogP contribution is -2.48. The summed E-state index contributed by atoms with van der Waals surface area (Å²) in [4.78, 5) is 17.6. The Bertz CT molecular complexity index is 2000. The van der Waals surface area contributed by atoms with Gasteiger partial charge >= 0.3 is 0 Å². The molecule has 0 saturated heterocycles. The van der Waals surface area contributed by atoms with Gasteiger partial charge in [-0.15, -0.1) is 5.53 Å². The van der Waals surface area contributed by atoms with E-state index in [2.05, 4.69) is 40.3 Å². The maximum absolute atomic E-state index is 14.1. The van der Waals surface area contributed by atoms with Gasteiger partial charge in [-0.25, -0.2) is 12.8 Å². The van der Waals surface area contributed by atoms with E-state index in [1.54, 1.807) is 24.3 Å². The number of nitrogens with zero attached hydrogens (tertiary/aromatic N) is 3. The molecule has 4 aromatic rings. The summed E-state index contributed by atoms with van der Waals surface area (Å²) in [6.45, 7) is 13.0. The van der Waals surface area contributed by atoms with Gasteiger partial charge in [0.05, 0.1) is 29.7 Å². The number of ether oxygens (including phenoxy) is 1. The molecular weight excluding hydrogens is 644 g/mol. The largest absolute Gasteiger partial charge is 0.488 e. The van der Waals surface area contributed by atoms with Gasteiger partial charge in [0.1, 0.15) is 22.6 Å². The first-order chi connectivity index (χ1) is 23.3. The molecule has 12 heteroatoms. The number of benzene rings is 3. The summed E-state index contributed by atoms with van der Waals surface area (Å²) in [7, 11) is -3.87. The number of nitrogens with one attached hydrogen (secondary N) is 3. The average molecular weight is 687 g/mol. The molecule has 0 spiro atoms. The number of hydrogen-bond acceptors (Lipinski definition) is 8. The molecule has 0 bridgehead atoms. The number of hydrazine groups is 2. The fourth-order valence-electron chi connectivity index (χ4n) is 6.83. The Hall–Kier alpha value is -4.52. The standard InChI is InChI=1S/C37H43FN6O4S/c1-7-29-22-43(49(46,47)33-12-10-9-11-32(33)48-29)21-27-17-25(14-13-23(27)3)34(30-15-16-31-35(24(30)4)41-42-44(31)8-2)37(5,6)40-36(45)26-18-28(38)20-39-19-26/h9-20,29,34,41-42H,7-8,21-22H2,1-6H3,(H,40,45)/t29-,34+/m1/s1. The first kappa shape index (κ1) is 34.3. The molecule has 2 aliphatic rings. The van der Waals surface area contributed by atoms with Crippen molar-refractivity contribution < 1.29 is 22.3 Å². The predicted octanol–water partition coefficient (Wildman–Crippen LogP) is 6.21. The third kappa shape index (κ3) is 6.60. The molecule has 3 aromatic carbocycles. The minimum Gasteiger partial charge on any atom is -0.488 e. The number of carbonyl (C=O) groups is 1. The van der Waals surface area contributed by atoms with Crippen LogP contribution in [0.4, 0.5) is 15.8 Å². The summed E-state index contributed by atoms with van der Waals surface area (Å²) in [6.07, 6.45) is 2.74. The van der Waals surface area contributed by atoms with E-state index in [-0.39, 0.29) is 29.7 Å². The second kappa shape index (κ2) is 13.4. The maximum atomic E-state index is 14.1. The number of pyridine rings is 1. The van der Waals surface area contributed by atoms with Crippen molar-refractivity contribution in [2.24, 2.45) is 0 Å². The minimum absolute atomic E-state index is 0.117. The fourth-order valence-corrected chi connectivity index (χ4v) is 8.41. The van der Waals surface area contributed by atoms with Crippen LogP contribution in [0.5, 0.6) is 5.75 Å². The quantitative estimate of drug-likeness (QED) is 0.190. The minimum atomic E-state index is -3.87. The lowest BCUT2D eigenvalue weighted by molar-refractivity contribution is 0.0905. The second-order valence-corrected chi connectivity index (χ2v) is 15.1. The monoisotopic (exact) mass is 686 g/mol. The van der Waals surface area contributed by atoms with E-state index in [9.17, 15) is 17.6 Å². The third-order valence-electron chi connectivity index (χ3n) is 9.52. The van der Waals surface area contributed by atoms with E-state index in [1.165, 1.54) is 16.6 Å². The predicted molar refractivity (Wildman–Crippen MR) is 188 cm³/mol. The number of carbonyl (C=O) groups excluding carboxylic acids is 1. The van der Waals surface area contributed by atoms with E-state index in [0.717, 1.165) is 51.9 Å². The summed E-state index contributed by atoms with van der Waals surface area (Å²) < 4.78 is 49.8. The second-order valence-electron chi connectivity index (χ2n) is 13.2. The van der Waals surface area contributed by atoms with Crippen molar-refractivity contribution in [1.82, 2.24) is 20.1 Å². The van der Waals surface area contributed by atoms with Crippen LogP contribution in [0.25, 0.3) is 0 Å². The number of aromatic nitrogens is 1. The number of anilines is 2. The molecule has 1 amide bonds. The Labute approximate surface area is 287 Å². The van der Waals surface area contributed by atoms with Crippen molar-refractivity contribution in [2.75, 3.05) is 23.5 Å². The SMILES string of the molecule is CC[C@@H]1CN(Cc2cc([C@@H](c3ccc4c(c3C)NNN4CC)C(C)(C)NC(=O)c3cncc(F)c3)ccc2C)S(=O)(=O)c2ccccc2O1. The Morgan fingerprint density at radius 3 is 2.61 bits per heavy atom. The molecule has 3 N–H and O–H groups in total. The number of halogens is 1. The van der Waals surface area contributed by atoms with E-state index >= 15 is 0 Å². The Morgan fingerprint density at radius 2 is 1.88 bits per heavy atom. The molecule has 258 valence electrons. The van der Waals surface area contributed by atoms with Crippen molar-refractivity contribution >= 4 is 27.3 Å². The highest BCUT2D eigenvalue weighted by atomic mass is 32.2. The molecule has 1 aromatic heterocycles. The third-order valence-corrected chi connectivity index (χ3v) is 11.4. The highest BCUT2D eigenvalue weighted by Gasteiger charge is 2.38. The van der Waals surface area contributed by atoms with Crippen LogP contribution < -0.4 is 26.0 Å². The lowest BCUT2D eigenvalue weighted by Gasteiger charge is -2.38. The van der Waals surface area contributed by atoms with E-state index in [4.69, 9.17) is 4.74 Å². The lowest BCUT2D eigenvalue weighted by atomic mass is 9.74. The van der Waals surface area contributed by atoms with Gasteiger partial charge in [0.2, 0.25) is 10.0 Å². The molecule has 0 radical (unpaired) electrons. The van der Waals surface area contributed by atoms with Crippen LogP contribution in [-0.4, -0.2) is 48.3 Å². The van der Waals surface area contributed by atoms with Gasteiger partial charge in [0, 0.05) is 30.7 Å². The fraction of sp³-hybridized carbons (Fsp3) is 0.351. The molecule has 10 nitrogen and oxygen atoms in total. The topological polar surface area (TPSA) is 116 Å². The van der Waals surface area contributed by atoms with E-state index in [1.807, 2.05) is 57.8 Å². The van der Waals surface area contributed by atoms with Crippen molar-refractivity contribution in [2.45, 2.75) is 77.0 Å². The Balaban J connectivity index is 1.44. The number of amides is 1. The smallest absolute Gasteiger partial charge is 0.253 e. The summed E-state index contributed by atoms with van der Waals surface area (Å²) in [5.74, 6) is -1.08.